The zero-order valence-electron chi connectivity index (χ0n) is 9.98. The molecule has 0 amide bonds. The summed E-state index contributed by atoms with van der Waals surface area (Å²) in [5.74, 6) is 0. The highest BCUT2D eigenvalue weighted by atomic mass is 79.9. The molecule has 1 unspecified atom stereocenters. The average Bonchev–Trinajstić information content (AvgIpc) is 2.71. The molecule has 0 bridgehead atoms. The number of rotatable bonds is 4. The molecule has 18 heavy (non-hydrogen) atoms. The van der Waals surface area contributed by atoms with Crippen LogP contribution in [0.25, 0.3) is 0 Å². The first kappa shape index (κ1) is 13.8. The van der Waals surface area contributed by atoms with E-state index in [1.807, 2.05) is 28.9 Å². The molecule has 0 fully saturated rings. The molecule has 1 aromatic heterocycles. The van der Waals surface area contributed by atoms with Crippen LogP contribution in [0.4, 0.5) is 0 Å². The van der Waals surface area contributed by atoms with Gasteiger partial charge in [-0.25, -0.2) is 0 Å². The number of aryl methyl sites for hydroxylation is 1. The fourth-order valence-electron chi connectivity index (χ4n) is 1.84. The first-order valence-corrected chi connectivity index (χ1v) is 7.36. The smallest absolute Gasteiger partial charge is 0.122 e. The molecule has 1 aromatic carbocycles. The van der Waals surface area contributed by atoms with Crippen LogP contribution in [0.2, 0.25) is 0 Å². The molecule has 0 aliphatic rings. The van der Waals surface area contributed by atoms with Gasteiger partial charge in [0.25, 0.3) is 0 Å². The number of nitrogens with zero attached hydrogens (tertiary/aromatic N) is 2. The van der Waals surface area contributed by atoms with Gasteiger partial charge in [0.1, 0.15) is 6.10 Å². The summed E-state index contributed by atoms with van der Waals surface area (Å²) >= 11 is 6.84. The van der Waals surface area contributed by atoms with Crippen molar-refractivity contribution in [2.75, 3.05) is 0 Å². The zero-order chi connectivity index (χ0) is 13.1. The zero-order valence-corrected chi connectivity index (χ0v) is 13.1. The van der Waals surface area contributed by atoms with Crippen molar-refractivity contribution >= 4 is 31.9 Å². The van der Waals surface area contributed by atoms with Crippen LogP contribution in [0, 0.1) is 0 Å². The van der Waals surface area contributed by atoms with Gasteiger partial charge in [-0.2, -0.15) is 5.10 Å². The van der Waals surface area contributed by atoms with Crippen molar-refractivity contribution in [2.45, 2.75) is 26.0 Å². The van der Waals surface area contributed by atoms with Crippen molar-refractivity contribution in [1.29, 1.82) is 0 Å². The summed E-state index contributed by atoms with van der Waals surface area (Å²) in [4.78, 5) is 0. The largest absolute Gasteiger partial charge is 0.382 e. The second-order valence-electron chi connectivity index (χ2n) is 4.05. The minimum absolute atomic E-state index is 0.665. The predicted molar refractivity (Wildman–Crippen MR) is 78.4 cm³/mol. The van der Waals surface area contributed by atoms with Crippen LogP contribution in [0.5, 0.6) is 0 Å². The Kier molecular flexibility index (Phi) is 4.59. The highest BCUT2D eigenvalue weighted by molar-refractivity contribution is 9.10. The molecule has 5 heteroatoms. The Hall–Kier alpha value is -0.650. The van der Waals surface area contributed by atoms with E-state index in [0.717, 1.165) is 33.2 Å². The van der Waals surface area contributed by atoms with Gasteiger partial charge in [0, 0.05) is 11.0 Å². The van der Waals surface area contributed by atoms with Crippen LogP contribution < -0.4 is 0 Å². The monoisotopic (exact) mass is 372 g/mol. The summed E-state index contributed by atoms with van der Waals surface area (Å²) in [6.07, 6.45) is 2.04. The Morgan fingerprint density at radius 1 is 1.28 bits per heavy atom. The summed E-state index contributed by atoms with van der Waals surface area (Å²) in [7, 11) is 0. The topological polar surface area (TPSA) is 38.0 Å². The number of halogens is 2. The van der Waals surface area contributed by atoms with E-state index >= 15 is 0 Å². The van der Waals surface area contributed by atoms with Crippen LogP contribution in [-0.4, -0.2) is 14.9 Å². The standard InChI is InChI=1S/C13H14Br2N2O/c1-2-7-17-12(11(15)8-16-17)13(18)9-3-5-10(14)6-4-9/h3-6,8,13,18H,2,7H2,1H3. The van der Waals surface area contributed by atoms with Crippen molar-refractivity contribution < 1.29 is 5.11 Å². The lowest BCUT2D eigenvalue weighted by Gasteiger charge is -2.14. The average molecular weight is 374 g/mol. The van der Waals surface area contributed by atoms with Crippen molar-refractivity contribution in [1.82, 2.24) is 9.78 Å². The van der Waals surface area contributed by atoms with Gasteiger partial charge in [-0.15, -0.1) is 0 Å². The molecular formula is C13H14Br2N2O. The summed E-state index contributed by atoms with van der Waals surface area (Å²) < 4.78 is 3.68. The molecule has 1 N–H and O–H groups in total. The molecule has 3 nitrogen and oxygen atoms in total. The van der Waals surface area contributed by atoms with E-state index in [1.54, 1.807) is 6.20 Å². The van der Waals surface area contributed by atoms with E-state index in [4.69, 9.17) is 0 Å². The lowest BCUT2D eigenvalue weighted by Crippen LogP contribution is -2.10. The molecule has 96 valence electrons. The van der Waals surface area contributed by atoms with Gasteiger partial charge >= 0.3 is 0 Å². The van der Waals surface area contributed by atoms with Crippen LogP contribution in [-0.2, 0) is 6.54 Å². The van der Waals surface area contributed by atoms with E-state index in [1.165, 1.54) is 0 Å². The molecule has 0 radical (unpaired) electrons. The quantitative estimate of drug-likeness (QED) is 0.882. The molecule has 0 saturated heterocycles. The molecule has 1 heterocycles. The third-order valence-electron chi connectivity index (χ3n) is 2.71. The maximum atomic E-state index is 10.5. The van der Waals surface area contributed by atoms with Gasteiger partial charge in [-0.1, -0.05) is 35.0 Å². The first-order chi connectivity index (χ1) is 8.63. The van der Waals surface area contributed by atoms with Crippen LogP contribution in [0.1, 0.15) is 30.7 Å². The fourth-order valence-corrected chi connectivity index (χ4v) is 2.61. The minimum Gasteiger partial charge on any atom is -0.382 e. The Bertz CT molecular complexity index is 522. The molecule has 0 aliphatic heterocycles. The summed E-state index contributed by atoms with van der Waals surface area (Å²) in [5.41, 5.74) is 1.66. The van der Waals surface area contributed by atoms with Gasteiger partial charge in [-0.3, -0.25) is 4.68 Å². The summed E-state index contributed by atoms with van der Waals surface area (Å²) in [6.45, 7) is 2.89. The molecule has 2 aromatic rings. The van der Waals surface area contributed by atoms with Crippen LogP contribution in [0.3, 0.4) is 0 Å². The van der Waals surface area contributed by atoms with Gasteiger partial charge in [-0.05, 0) is 40.0 Å². The van der Waals surface area contributed by atoms with Crippen molar-refractivity contribution in [3.63, 3.8) is 0 Å². The molecule has 0 saturated carbocycles. The van der Waals surface area contributed by atoms with Crippen molar-refractivity contribution in [2.24, 2.45) is 0 Å². The van der Waals surface area contributed by atoms with E-state index < -0.39 is 6.10 Å². The SMILES string of the molecule is CCCn1ncc(Br)c1C(O)c1ccc(Br)cc1. The molecule has 1 atom stereocenters. The Morgan fingerprint density at radius 3 is 2.56 bits per heavy atom. The van der Waals surface area contributed by atoms with E-state index in [2.05, 4.69) is 43.9 Å². The highest BCUT2D eigenvalue weighted by Crippen LogP contribution is 2.29. The van der Waals surface area contributed by atoms with E-state index in [-0.39, 0.29) is 0 Å². The molecule has 2 rings (SSSR count). The first-order valence-electron chi connectivity index (χ1n) is 5.78. The van der Waals surface area contributed by atoms with Crippen LogP contribution in [0.15, 0.2) is 39.4 Å². The molecule has 0 spiro atoms. The van der Waals surface area contributed by atoms with Gasteiger partial charge in [0.2, 0.25) is 0 Å². The van der Waals surface area contributed by atoms with Gasteiger partial charge < -0.3 is 5.11 Å². The number of benzene rings is 1. The third kappa shape index (κ3) is 2.84. The normalized spacial score (nSPS) is 12.7. The maximum Gasteiger partial charge on any atom is 0.122 e. The Balaban J connectivity index is 2.35. The van der Waals surface area contributed by atoms with Gasteiger partial charge in [0.05, 0.1) is 16.4 Å². The molecule has 0 aliphatic carbocycles. The summed E-state index contributed by atoms with van der Waals surface area (Å²) in [6, 6.07) is 7.66. The van der Waals surface area contributed by atoms with Crippen molar-refractivity contribution in [3.8, 4) is 0 Å². The number of hydrogen-bond acceptors (Lipinski definition) is 2. The summed E-state index contributed by atoms with van der Waals surface area (Å²) in [5, 5.41) is 14.7. The lowest BCUT2D eigenvalue weighted by molar-refractivity contribution is 0.206. The maximum absolute atomic E-state index is 10.5. The van der Waals surface area contributed by atoms with Crippen molar-refractivity contribution in [3.05, 3.63) is 50.7 Å². The number of aliphatic hydroxyl groups is 1. The van der Waals surface area contributed by atoms with E-state index in [9.17, 15) is 5.11 Å². The second-order valence-corrected chi connectivity index (χ2v) is 5.82. The van der Waals surface area contributed by atoms with Crippen LogP contribution >= 0.6 is 31.9 Å². The lowest BCUT2D eigenvalue weighted by atomic mass is 10.1. The van der Waals surface area contributed by atoms with Gasteiger partial charge in [0.15, 0.2) is 0 Å². The fraction of sp³-hybridized carbons (Fsp3) is 0.308. The van der Waals surface area contributed by atoms with E-state index in [0.29, 0.717) is 0 Å². The highest BCUT2D eigenvalue weighted by Gasteiger charge is 2.19. The number of aromatic nitrogens is 2. The Morgan fingerprint density at radius 2 is 1.94 bits per heavy atom. The third-order valence-corrected chi connectivity index (χ3v) is 3.85. The second kappa shape index (κ2) is 5.99. The predicted octanol–water partition coefficient (Wildman–Crippen LogP) is 3.90. The number of hydrogen-bond donors (Lipinski definition) is 1. The Labute approximate surface area is 123 Å². The number of aliphatic hydroxyl groups excluding tert-OH is 1. The minimum atomic E-state index is -0.665. The molecular weight excluding hydrogens is 360 g/mol.